The van der Waals surface area contributed by atoms with Crippen LogP contribution in [0.4, 0.5) is 5.69 Å². The smallest absolute Gasteiger partial charge is 0.159 e. The first-order valence-electron chi connectivity index (χ1n) is 9.18. The van der Waals surface area contributed by atoms with E-state index in [0.29, 0.717) is 11.3 Å². The van der Waals surface area contributed by atoms with Gasteiger partial charge >= 0.3 is 0 Å². The molecule has 0 amide bonds. The van der Waals surface area contributed by atoms with Gasteiger partial charge in [0, 0.05) is 5.56 Å². The predicted octanol–water partition coefficient (Wildman–Crippen LogP) is 5.88. The van der Waals surface area contributed by atoms with E-state index in [-0.39, 0.29) is 11.9 Å². The van der Waals surface area contributed by atoms with Crippen molar-refractivity contribution in [3.63, 3.8) is 0 Å². The Balaban J connectivity index is 2.01. The molecule has 134 valence electrons. The van der Waals surface area contributed by atoms with Crippen LogP contribution in [0.2, 0.25) is 0 Å². The van der Waals surface area contributed by atoms with E-state index in [1.807, 2.05) is 42.5 Å². The van der Waals surface area contributed by atoms with E-state index in [1.165, 1.54) is 25.7 Å². The molecule has 0 aliphatic heterocycles. The number of ketones is 1. The maximum absolute atomic E-state index is 11.4. The van der Waals surface area contributed by atoms with Crippen molar-refractivity contribution < 1.29 is 9.53 Å². The highest BCUT2D eigenvalue weighted by atomic mass is 16.5. The lowest BCUT2D eigenvalue weighted by atomic mass is 10.0. The predicted molar refractivity (Wildman–Crippen MR) is 105 cm³/mol. The largest absolute Gasteiger partial charge is 0.489 e. The highest BCUT2D eigenvalue weighted by Gasteiger charge is 2.09. The van der Waals surface area contributed by atoms with Crippen LogP contribution in [0, 0.1) is 0 Å². The third-order valence-electron chi connectivity index (χ3n) is 4.43. The summed E-state index contributed by atoms with van der Waals surface area (Å²) in [5.74, 6) is 0.815. The normalized spacial score (nSPS) is 12.0. The minimum atomic E-state index is 0.0720. The maximum Gasteiger partial charge on any atom is 0.159 e. The number of nitrogens with two attached hydrogens (primary N) is 1. The van der Waals surface area contributed by atoms with Gasteiger partial charge in [-0.15, -0.1) is 0 Å². The minimum absolute atomic E-state index is 0.0720. The fourth-order valence-corrected chi connectivity index (χ4v) is 2.87. The summed E-state index contributed by atoms with van der Waals surface area (Å²) in [6, 6.07) is 13.5. The molecule has 2 aromatic rings. The van der Waals surface area contributed by atoms with E-state index in [2.05, 4.69) is 13.8 Å². The van der Waals surface area contributed by atoms with Gasteiger partial charge in [0.05, 0.1) is 11.8 Å². The number of ether oxygens (including phenoxy) is 1. The highest BCUT2D eigenvalue weighted by molar-refractivity contribution is 5.94. The molecule has 3 heteroatoms. The Hall–Kier alpha value is -2.29. The molecule has 1 atom stereocenters. The topological polar surface area (TPSA) is 52.3 Å². The van der Waals surface area contributed by atoms with Crippen molar-refractivity contribution in [1.82, 2.24) is 0 Å². The van der Waals surface area contributed by atoms with E-state index in [1.54, 1.807) is 6.92 Å². The molecule has 2 rings (SSSR count). The maximum atomic E-state index is 11.4. The number of carbonyl (C=O) groups excluding carboxylic acids is 1. The third kappa shape index (κ3) is 5.63. The van der Waals surface area contributed by atoms with Crippen molar-refractivity contribution in [2.45, 2.75) is 59.0 Å². The van der Waals surface area contributed by atoms with Gasteiger partial charge in [0.25, 0.3) is 0 Å². The van der Waals surface area contributed by atoms with Crippen molar-refractivity contribution in [3.8, 4) is 16.9 Å². The van der Waals surface area contributed by atoms with Crippen LogP contribution >= 0.6 is 0 Å². The standard InChI is InChI=1S/C22H29NO2/c1-4-5-6-7-8-16(2)25-22-14-13-20(15-21(22)23)19-11-9-18(10-12-19)17(3)24/h9-16H,4-8,23H2,1-3H3/t16-/m1/s1. The van der Waals surface area contributed by atoms with Crippen LogP contribution in [0.3, 0.4) is 0 Å². The molecular formula is C22H29NO2. The van der Waals surface area contributed by atoms with Gasteiger partial charge in [-0.05, 0) is 49.9 Å². The van der Waals surface area contributed by atoms with Gasteiger partial charge in [0.15, 0.2) is 5.78 Å². The van der Waals surface area contributed by atoms with Gasteiger partial charge in [-0.2, -0.15) is 0 Å². The molecule has 0 saturated carbocycles. The number of anilines is 1. The fourth-order valence-electron chi connectivity index (χ4n) is 2.87. The molecule has 0 heterocycles. The van der Waals surface area contributed by atoms with Gasteiger partial charge in [-0.25, -0.2) is 0 Å². The molecule has 2 N–H and O–H groups in total. The van der Waals surface area contributed by atoms with E-state index in [0.717, 1.165) is 23.3 Å². The zero-order valence-corrected chi connectivity index (χ0v) is 15.5. The molecular weight excluding hydrogens is 310 g/mol. The van der Waals surface area contributed by atoms with Crippen LogP contribution in [0.15, 0.2) is 42.5 Å². The number of Topliss-reactive ketones (excluding diaryl/α,β-unsaturated/α-hetero) is 1. The average molecular weight is 339 g/mol. The molecule has 3 nitrogen and oxygen atoms in total. The number of hydrogen-bond acceptors (Lipinski definition) is 3. The van der Waals surface area contributed by atoms with Gasteiger partial charge in [-0.1, -0.05) is 56.5 Å². The molecule has 0 unspecified atom stereocenters. The molecule has 0 bridgehead atoms. The fraction of sp³-hybridized carbons (Fsp3) is 0.409. The summed E-state index contributed by atoms with van der Waals surface area (Å²) in [5, 5.41) is 0. The summed E-state index contributed by atoms with van der Waals surface area (Å²) in [6.07, 6.45) is 6.20. The highest BCUT2D eigenvalue weighted by Crippen LogP contribution is 2.30. The molecule has 0 aliphatic carbocycles. The molecule has 0 spiro atoms. The van der Waals surface area contributed by atoms with E-state index in [4.69, 9.17) is 10.5 Å². The van der Waals surface area contributed by atoms with Crippen LogP contribution in [0.25, 0.3) is 11.1 Å². The molecule has 0 radical (unpaired) electrons. The van der Waals surface area contributed by atoms with Gasteiger partial charge in [-0.3, -0.25) is 4.79 Å². The van der Waals surface area contributed by atoms with Crippen molar-refractivity contribution in [1.29, 1.82) is 0 Å². The number of carbonyl (C=O) groups is 1. The summed E-state index contributed by atoms with van der Waals surface area (Å²) in [7, 11) is 0. The average Bonchev–Trinajstić information content (AvgIpc) is 2.60. The second-order valence-corrected chi connectivity index (χ2v) is 6.66. The Morgan fingerprint density at radius 3 is 2.32 bits per heavy atom. The Labute approximate surface area is 151 Å². The Kier molecular flexibility index (Phi) is 7.05. The number of benzene rings is 2. The zero-order valence-electron chi connectivity index (χ0n) is 15.5. The summed E-state index contributed by atoms with van der Waals surface area (Å²) in [6.45, 7) is 5.89. The Morgan fingerprint density at radius 2 is 1.72 bits per heavy atom. The summed E-state index contributed by atoms with van der Waals surface area (Å²) < 4.78 is 6.00. The van der Waals surface area contributed by atoms with Crippen LogP contribution < -0.4 is 10.5 Å². The van der Waals surface area contributed by atoms with Crippen molar-refractivity contribution in [2.75, 3.05) is 5.73 Å². The van der Waals surface area contributed by atoms with Crippen molar-refractivity contribution >= 4 is 11.5 Å². The summed E-state index contributed by atoms with van der Waals surface area (Å²) >= 11 is 0. The number of hydrogen-bond donors (Lipinski definition) is 1. The first-order chi connectivity index (χ1) is 12.0. The molecule has 0 aliphatic rings. The summed E-state index contributed by atoms with van der Waals surface area (Å²) in [4.78, 5) is 11.4. The Morgan fingerprint density at radius 1 is 1.04 bits per heavy atom. The van der Waals surface area contributed by atoms with E-state index < -0.39 is 0 Å². The van der Waals surface area contributed by atoms with Crippen molar-refractivity contribution in [3.05, 3.63) is 48.0 Å². The minimum Gasteiger partial charge on any atom is -0.489 e. The van der Waals surface area contributed by atoms with Gasteiger partial charge < -0.3 is 10.5 Å². The second kappa shape index (κ2) is 9.26. The van der Waals surface area contributed by atoms with Crippen LogP contribution in [0.1, 0.15) is 63.2 Å². The molecule has 0 aromatic heterocycles. The molecule has 0 saturated heterocycles. The molecule has 25 heavy (non-hydrogen) atoms. The van der Waals surface area contributed by atoms with Gasteiger partial charge in [0.1, 0.15) is 5.75 Å². The second-order valence-electron chi connectivity index (χ2n) is 6.66. The molecule has 2 aromatic carbocycles. The first-order valence-corrected chi connectivity index (χ1v) is 9.18. The SMILES string of the molecule is CCCCCC[C@@H](C)Oc1ccc(-c2ccc(C(C)=O)cc2)cc1N. The van der Waals surface area contributed by atoms with Crippen LogP contribution in [0.5, 0.6) is 5.75 Å². The van der Waals surface area contributed by atoms with Crippen LogP contribution in [-0.2, 0) is 0 Å². The summed E-state index contributed by atoms with van der Waals surface area (Å²) in [5.41, 5.74) is 9.61. The lowest BCUT2D eigenvalue weighted by Gasteiger charge is -2.17. The lowest BCUT2D eigenvalue weighted by molar-refractivity contribution is 0.101. The third-order valence-corrected chi connectivity index (χ3v) is 4.43. The zero-order chi connectivity index (χ0) is 18.2. The first kappa shape index (κ1) is 19.0. The van der Waals surface area contributed by atoms with E-state index >= 15 is 0 Å². The van der Waals surface area contributed by atoms with Crippen LogP contribution in [-0.4, -0.2) is 11.9 Å². The van der Waals surface area contributed by atoms with Gasteiger partial charge in [0.2, 0.25) is 0 Å². The number of nitrogen functional groups attached to an aromatic ring is 1. The number of unbranched alkanes of at least 4 members (excludes halogenated alkanes) is 3. The van der Waals surface area contributed by atoms with Crippen molar-refractivity contribution in [2.24, 2.45) is 0 Å². The molecule has 0 fully saturated rings. The quantitative estimate of drug-likeness (QED) is 0.353. The number of rotatable bonds is 9. The monoisotopic (exact) mass is 339 g/mol. The lowest BCUT2D eigenvalue weighted by Crippen LogP contribution is -2.12. The Bertz CT molecular complexity index is 692. The van der Waals surface area contributed by atoms with E-state index in [9.17, 15) is 4.79 Å².